The van der Waals surface area contributed by atoms with Crippen LogP contribution in [0, 0.1) is 0 Å². The third-order valence-corrected chi connectivity index (χ3v) is 3.99. The molecule has 0 radical (unpaired) electrons. The van der Waals surface area contributed by atoms with Gasteiger partial charge in [0.2, 0.25) is 0 Å². The van der Waals surface area contributed by atoms with Crippen molar-refractivity contribution in [1.82, 2.24) is 0 Å². The van der Waals surface area contributed by atoms with Crippen LogP contribution in [-0.2, 0) is 12.8 Å². The summed E-state index contributed by atoms with van der Waals surface area (Å²) in [6, 6.07) is 18.8. The Labute approximate surface area is 124 Å². The van der Waals surface area contributed by atoms with E-state index in [0.29, 0.717) is 0 Å². The van der Waals surface area contributed by atoms with Crippen molar-refractivity contribution in [3.05, 3.63) is 71.7 Å². The molecule has 1 unspecified atom stereocenters. The van der Waals surface area contributed by atoms with E-state index in [-0.39, 0.29) is 5.38 Å². The highest BCUT2D eigenvalue weighted by Gasteiger charge is 2.14. The molecular weight excluding hydrogens is 268 g/mol. The van der Waals surface area contributed by atoms with Crippen molar-refractivity contribution in [2.24, 2.45) is 0 Å². The molecule has 0 spiro atoms. The standard InChI is InChI=1S/C18H17ClO/c1-2-15-10-11-18(20-15)17(19)12-14-8-5-7-13-6-3-4-9-16(13)14/h3-11,17H,2,12H2,1H3. The summed E-state index contributed by atoms with van der Waals surface area (Å²) in [6.07, 6.45) is 1.68. The summed E-state index contributed by atoms with van der Waals surface area (Å²) < 4.78 is 5.75. The molecule has 0 aliphatic rings. The lowest BCUT2D eigenvalue weighted by Gasteiger charge is -2.10. The van der Waals surface area contributed by atoms with Crippen LogP contribution >= 0.6 is 11.6 Å². The zero-order chi connectivity index (χ0) is 13.9. The highest BCUT2D eigenvalue weighted by molar-refractivity contribution is 6.20. The first kappa shape index (κ1) is 13.3. The summed E-state index contributed by atoms with van der Waals surface area (Å²) in [4.78, 5) is 0. The van der Waals surface area contributed by atoms with E-state index in [1.165, 1.54) is 16.3 Å². The highest BCUT2D eigenvalue weighted by Crippen LogP contribution is 2.29. The fourth-order valence-electron chi connectivity index (χ4n) is 2.52. The minimum absolute atomic E-state index is 0.124. The maximum Gasteiger partial charge on any atom is 0.122 e. The van der Waals surface area contributed by atoms with E-state index in [2.05, 4.69) is 49.4 Å². The number of benzene rings is 2. The number of fused-ring (bicyclic) bond motifs is 1. The van der Waals surface area contributed by atoms with E-state index in [0.717, 1.165) is 24.4 Å². The van der Waals surface area contributed by atoms with Crippen molar-refractivity contribution in [3.63, 3.8) is 0 Å². The second-order valence-corrected chi connectivity index (χ2v) is 5.49. The van der Waals surface area contributed by atoms with Crippen molar-refractivity contribution in [3.8, 4) is 0 Å². The fourth-order valence-corrected chi connectivity index (χ4v) is 2.80. The molecule has 0 aliphatic carbocycles. The van der Waals surface area contributed by atoms with Crippen LogP contribution in [0.1, 0.15) is 29.4 Å². The van der Waals surface area contributed by atoms with Gasteiger partial charge in [0, 0.05) is 6.42 Å². The van der Waals surface area contributed by atoms with E-state index >= 15 is 0 Å². The summed E-state index contributed by atoms with van der Waals surface area (Å²) in [5.41, 5.74) is 1.26. The molecule has 1 aromatic heterocycles. The third kappa shape index (κ3) is 2.59. The molecular formula is C18H17ClO. The van der Waals surface area contributed by atoms with Gasteiger partial charge < -0.3 is 4.42 Å². The Bertz CT molecular complexity index is 709. The quantitative estimate of drug-likeness (QED) is 0.575. The molecule has 3 aromatic rings. The average Bonchev–Trinajstić information content (AvgIpc) is 2.97. The maximum absolute atomic E-state index is 6.52. The van der Waals surface area contributed by atoms with E-state index in [9.17, 15) is 0 Å². The minimum Gasteiger partial charge on any atom is -0.465 e. The van der Waals surface area contributed by atoms with Gasteiger partial charge in [0.25, 0.3) is 0 Å². The second kappa shape index (κ2) is 5.72. The first-order valence-electron chi connectivity index (χ1n) is 6.97. The normalized spacial score (nSPS) is 12.7. The number of rotatable bonds is 4. The maximum atomic E-state index is 6.52. The third-order valence-electron chi connectivity index (χ3n) is 3.62. The summed E-state index contributed by atoms with van der Waals surface area (Å²) in [5.74, 6) is 1.85. The van der Waals surface area contributed by atoms with Crippen LogP contribution in [-0.4, -0.2) is 0 Å². The minimum atomic E-state index is -0.124. The Balaban J connectivity index is 1.89. The van der Waals surface area contributed by atoms with Crippen LogP contribution in [0.15, 0.2) is 59.0 Å². The van der Waals surface area contributed by atoms with Gasteiger partial charge in [0.15, 0.2) is 0 Å². The topological polar surface area (TPSA) is 13.1 Å². The van der Waals surface area contributed by atoms with Crippen molar-refractivity contribution in [2.45, 2.75) is 25.1 Å². The SMILES string of the molecule is CCc1ccc(C(Cl)Cc2cccc3ccccc23)o1. The molecule has 2 aromatic carbocycles. The molecule has 102 valence electrons. The molecule has 20 heavy (non-hydrogen) atoms. The molecule has 1 nitrogen and oxygen atoms in total. The van der Waals surface area contributed by atoms with E-state index in [4.69, 9.17) is 16.0 Å². The van der Waals surface area contributed by atoms with Crippen LogP contribution in [0.4, 0.5) is 0 Å². The van der Waals surface area contributed by atoms with Gasteiger partial charge >= 0.3 is 0 Å². The van der Waals surface area contributed by atoms with E-state index in [1.54, 1.807) is 0 Å². The van der Waals surface area contributed by atoms with Gasteiger partial charge in [-0.15, -0.1) is 11.6 Å². The summed E-state index contributed by atoms with van der Waals surface area (Å²) in [5, 5.41) is 2.39. The zero-order valence-electron chi connectivity index (χ0n) is 11.5. The lowest BCUT2D eigenvalue weighted by Crippen LogP contribution is -1.95. The predicted octanol–water partition coefficient (Wildman–Crippen LogP) is 5.52. The van der Waals surface area contributed by atoms with Gasteiger partial charge in [-0.3, -0.25) is 0 Å². The number of hydrogen-bond donors (Lipinski definition) is 0. The Morgan fingerprint density at radius 2 is 1.80 bits per heavy atom. The van der Waals surface area contributed by atoms with Gasteiger partial charge in [-0.2, -0.15) is 0 Å². The molecule has 0 saturated carbocycles. The number of hydrogen-bond acceptors (Lipinski definition) is 1. The summed E-state index contributed by atoms with van der Waals surface area (Å²) in [6.45, 7) is 2.08. The van der Waals surface area contributed by atoms with Gasteiger partial charge in [0.1, 0.15) is 11.5 Å². The first-order chi connectivity index (χ1) is 9.78. The van der Waals surface area contributed by atoms with Crippen LogP contribution in [0.5, 0.6) is 0 Å². The smallest absolute Gasteiger partial charge is 0.122 e. The molecule has 1 atom stereocenters. The molecule has 2 heteroatoms. The largest absolute Gasteiger partial charge is 0.465 e. The number of halogens is 1. The molecule has 0 saturated heterocycles. The molecule has 1 heterocycles. The first-order valence-corrected chi connectivity index (χ1v) is 7.41. The Morgan fingerprint density at radius 1 is 1.00 bits per heavy atom. The zero-order valence-corrected chi connectivity index (χ0v) is 12.2. The summed E-state index contributed by atoms with van der Waals surface area (Å²) in [7, 11) is 0. The Morgan fingerprint density at radius 3 is 2.60 bits per heavy atom. The van der Waals surface area contributed by atoms with Gasteiger partial charge in [-0.05, 0) is 34.9 Å². The fraction of sp³-hybridized carbons (Fsp3) is 0.222. The van der Waals surface area contributed by atoms with Gasteiger partial charge in [0.05, 0.1) is 5.38 Å². The van der Waals surface area contributed by atoms with E-state index < -0.39 is 0 Å². The average molecular weight is 285 g/mol. The highest BCUT2D eigenvalue weighted by atomic mass is 35.5. The molecule has 0 fully saturated rings. The lowest BCUT2D eigenvalue weighted by atomic mass is 10.0. The number of aryl methyl sites for hydroxylation is 1. The number of furan rings is 1. The number of alkyl halides is 1. The lowest BCUT2D eigenvalue weighted by molar-refractivity contribution is 0.464. The predicted molar refractivity (Wildman–Crippen MR) is 84.3 cm³/mol. The molecule has 3 rings (SSSR count). The second-order valence-electron chi connectivity index (χ2n) is 4.97. The molecule has 0 aliphatic heterocycles. The van der Waals surface area contributed by atoms with Crippen molar-refractivity contribution >= 4 is 22.4 Å². The van der Waals surface area contributed by atoms with Crippen LogP contribution < -0.4 is 0 Å². The van der Waals surface area contributed by atoms with Crippen molar-refractivity contribution in [1.29, 1.82) is 0 Å². The van der Waals surface area contributed by atoms with Crippen LogP contribution in [0.3, 0.4) is 0 Å². The summed E-state index contributed by atoms with van der Waals surface area (Å²) >= 11 is 6.52. The molecule has 0 bridgehead atoms. The van der Waals surface area contributed by atoms with Gasteiger partial charge in [-0.25, -0.2) is 0 Å². The Kier molecular flexibility index (Phi) is 3.79. The van der Waals surface area contributed by atoms with Crippen molar-refractivity contribution in [2.75, 3.05) is 0 Å². The van der Waals surface area contributed by atoms with Crippen molar-refractivity contribution < 1.29 is 4.42 Å². The van der Waals surface area contributed by atoms with Crippen LogP contribution in [0.25, 0.3) is 10.8 Å². The monoisotopic (exact) mass is 284 g/mol. The van der Waals surface area contributed by atoms with Gasteiger partial charge in [-0.1, -0.05) is 49.4 Å². The van der Waals surface area contributed by atoms with Crippen LogP contribution in [0.2, 0.25) is 0 Å². The van der Waals surface area contributed by atoms with E-state index in [1.807, 2.05) is 12.1 Å². The molecule has 0 N–H and O–H groups in total. The Hall–Kier alpha value is -1.73. The molecule has 0 amide bonds.